The summed E-state index contributed by atoms with van der Waals surface area (Å²) in [7, 11) is 0. The summed E-state index contributed by atoms with van der Waals surface area (Å²) in [5, 5.41) is 1.24. The van der Waals surface area contributed by atoms with Crippen LogP contribution in [0.5, 0.6) is 0 Å². The Bertz CT molecular complexity index is 1230. The van der Waals surface area contributed by atoms with Gasteiger partial charge in [-0.15, -0.1) is 0 Å². The third-order valence-corrected chi connectivity index (χ3v) is 7.16. The third-order valence-electron chi connectivity index (χ3n) is 7.16. The van der Waals surface area contributed by atoms with Crippen molar-refractivity contribution in [2.75, 3.05) is 6.61 Å². The number of carbonyl (C=O) groups is 1. The van der Waals surface area contributed by atoms with Crippen LogP contribution in [0.3, 0.4) is 0 Å². The molecule has 1 aromatic heterocycles. The highest BCUT2D eigenvalue weighted by Gasteiger charge is 2.21. The number of ether oxygens (including phenoxy) is 1. The van der Waals surface area contributed by atoms with Crippen LogP contribution in [0.1, 0.15) is 85.1 Å². The van der Waals surface area contributed by atoms with E-state index in [1.54, 1.807) is 6.92 Å². The highest BCUT2D eigenvalue weighted by molar-refractivity contribution is 5.97. The van der Waals surface area contributed by atoms with Crippen LogP contribution in [-0.4, -0.2) is 23.3 Å². The lowest BCUT2D eigenvalue weighted by molar-refractivity contribution is 0.0525. The Hall–Kier alpha value is -3.01. The zero-order valence-electron chi connectivity index (χ0n) is 21.7. The third kappa shape index (κ3) is 5.98. The summed E-state index contributed by atoms with van der Waals surface area (Å²) < 4.78 is 4.91. The minimum Gasteiger partial charge on any atom is -0.462 e. The summed E-state index contributed by atoms with van der Waals surface area (Å²) in [6.45, 7) is 8.49. The van der Waals surface area contributed by atoms with E-state index < -0.39 is 0 Å². The zero-order chi connectivity index (χ0) is 24.8. The fourth-order valence-corrected chi connectivity index (χ4v) is 5.21. The molecule has 1 saturated carbocycles. The molecule has 0 aliphatic heterocycles. The summed E-state index contributed by atoms with van der Waals surface area (Å²) in [5.74, 6) is 0.403. The molecule has 0 amide bonds. The summed E-state index contributed by atoms with van der Waals surface area (Å²) in [6.07, 6.45) is 9.94. The van der Waals surface area contributed by atoms with Gasteiger partial charge in [0, 0.05) is 16.8 Å². The second kappa shape index (κ2) is 11.6. The minimum absolute atomic E-state index is 0.236. The van der Waals surface area contributed by atoms with Gasteiger partial charge in [0.15, 0.2) is 0 Å². The van der Waals surface area contributed by atoms with Crippen molar-refractivity contribution in [2.24, 2.45) is 10.9 Å². The number of para-hydroxylation sites is 1. The van der Waals surface area contributed by atoms with Gasteiger partial charge >= 0.3 is 5.97 Å². The molecule has 4 nitrogen and oxygen atoms in total. The number of aliphatic imine (C=N–C) groups is 1. The smallest absolute Gasteiger partial charge is 0.338 e. The van der Waals surface area contributed by atoms with E-state index in [9.17, 15) is 4.79 Å². The number of aryl methyl sites for hydroxylation is 3. The van der Waals surface area contributed by atoms with E-state index in [1.165, 1.54) is 66.6 Å². The van der Waals surface area contributed by atoms with Crippen LogP contribution in [0.4, 0.5) is 5.69 Å². The fraction of sp³-hybridized carbons (Fsp3) is 0.452. The van der Waals surface area contributed by atoms with Crippen LogP contribution >= 0.6 is 0 Å². The van der Waals surface area contributed by atoms with Crippen LogP contribution in [0.2, 0.25) is 0 Å². The van der Waals surface area contributed by atoms with Crippen LogP contribution < -0.4 is 0 Å². The number of nitrogens with zero attached hydrogens (tertiary/aromatic N) is 2. The van der Waals surface area contributed by atoms with Gasteiger partial charge in [-0.2, -0.15) is 0 Å². The molecule has 0 saturated heterocycles. The number of aromatic nitrogens is 1. The molecular formula is C31H38N2O2. The maximum Gasteiger partial charge on any atom is 0.338 e. The first-order valence-electron chi connectivity index (χ1n) is 13.2. The van der Waals surface area contributed by atoms with Gasteiger partial charge in [-0.3, -0.25) is 9.98 Å². The lowest BCUT2D eigenvalue weighted by Crippen LogP contribution is -2.16. The Morgan fingerprint density at radius 2 is 1.80 bits per heavy atom. The van der Waals surface area contributed by atoms with Crippen LogP contribution in [0.25, 0.3) is 10.9 Å². The molecule has 1 fully saturated rings. The topological polar surface area (TPSA) is 51.6 Å². The van der Waals surface area contributed by atoms with Gasteiger partial charge in [0.1, 0.15) is 0 Å². The number of benzene rings is 2. The van der Waals surface area contributed by atoms with Crippen molar-refractivity contribution in [3.05, 3.63) is 70.4 Å². The first-order chi connectivity index (χ1) is 17.0. The number of esters is 1. The first-order valence-corrected chi connectivity index (χ1v) is 13.2. The SMILES string of the molecule is CC1CCCCC1=Nc1c2c(nc3ccccc13)CCCC2.CCOC(=O)c1ccc(C)cc1C. The molecule has 1 heterocycles. The van der Waals surface area contributed by atoms with Gasteiger partial charge in [0.05, 0.1) is 23.4 Å². The number of carbonyl (C=O) groups excluding carboxylic acids is 1. The van der Waals surface area contributed by atoms with E-state index in [0.29, 0.717) is 18.1 Å². The van der Waals surface area contributed by atoms with E-state index in [1.807, 2.05) is 32.0 Å². The first kappa shape index (κ1) is 25.1. The standard InChI is InChI=1S/C20H24N2.C11H14O2/c1-14-8-2-5-11-17(14)22-20-15-9-3-6-12-18(15)21-19-13-7-4-10-16(19)20;1-4-13-11(12)10-6-5-8(2)7-9(10)3/h3,6,9,12,14H,2,4-5,7-8,10-11,13H2,1H3;5-7H,4H2,1-3H3. The van der Waals surface area contributed by atoms with Gasteiger partial charge in [0.2, 0.25) is 0 Å². The molecule has 0 spiro atoms. The normalized spacial score (nSPS) is 18.5. The molecule has 1 atom stereocenters. The average Bonchev–Trinajstić information content (AvgIpc) is 2.85. The number of rotatable bonds is 3. The second-order valence-electron chi connectivity index (χ2n) is 9.90. The van der Waals surface area contributed by atoms with Crippen LogP contribution in [0, 0.1) is 19.8 Å². The van der Waals surface area contributed by atoms with E-state index in [0.717, 1.165) is 29.5 Å². The van der Waals surface area contributed by atoms with E-state index >= 15 is 0 Å². The molecule has 35 heavy (non-hydrogen) atoms. The Morgan fingerprint density at radius 1 is 1.03 bits per heavy atom. The molecule has 0 bridgehead atoms. The molecule has 3 aromatic rings. The van der Waals surface area contributed by atoms with Crippen molar-refractivity contribution >= 4 is 28.3 Å². The molecule has 1 unspecified atom stereocenters. The molecule has 5 rings (SSSR count). The summed E-state index contributed by atoms with van der Waals surface area (Å²) in [5.41, 5.74) is 9.28. The number of pyridine rings is 1. The molecule has 4 heteroatoms. The molecule has 0 radical (unpaired) electrons. The molecule has 184 valence electrons. The van der Waals surface area contributed by atoms with E-state index in [4.69, 9.17) is 14.7 Å². The van der Waals surface area contributed by atoms with Crippen molar-refractivity contribution in [3.8, 4) is 0 Å². The van der Waals surface area contributed by atoms with E-state index in [2.05, 4.69) is 31.2 Å². The summed E-state index contributed by atoms with van der Waals surface area (Å²) >= 11 is 0. The molecule has 2 aliphatic rings. The Morgan fingerprint density at radius 3 is 2.57 bits per heavy atom. The predicted molar refractivity (Wildman–Crippen MR) is 145 cm³/mol. The summed E-state index contributed by atoms with van der Waals surface area (Å²) in [4.78, 5) is 21.5. The van der Waals surface area contributed by atoms with Crippen LogP contribution in [-0.2, 0) is 17.6 Å². The number of hydrogen-bond donors (Lipinski definition) is 0. The molecule has 2 aliphatic carbocycles. The van der Waals surface area contributed by atoms with Crippen molar-refractivity contribution in [1.29, 1.82) is 0 Å². The molecule has 2 aromatic carbocycles. The zero-order valence-corrected chi connectivity index (χ0v) is 21.7. The second-order valence-corrected chi connectivity index (χ2v) is 9.90. The quantitative estimate of drug-likeness (QED) is 0.366. The maximum absolute atomic E-state index is 11.4. The monoisotopic (exact) mass is 470 g/mol. The Labute approximate surface area is 209 Å². The lowest BCUT2D eigenvalue weighted by Gasteiger charge is -2.23. The lowest BCUT2D eigenvalue weighted by atomic mass is 9.88. The average molecular weight is 471 g/mol. The number of hydrogen-bond acceptors (Lipinski definition) is 4. The Balaban J connectivity index is 0.000000191. The van der Waals surface area contributed by atoms with E-state index in [-0.39, 0.29) is 5.97 Å². The molecular weight excluding hydrogens is 432 g/mol. The van der Waals surface area contributed by atoms with Crippen molar-refractivity contribution in [3.63, 3.8) is 0 Å². The highest BCUT2D eigenvalue weighted by atomic mass is 16.5. The maximum atomic E-state index is 11.4. The van der Waals surface area contributed by atoms with Crippen molar-refractivity contribution < 1.29 is 9.53 Å². The van der Waals surface area contributed by atoms with Gasteiger partial charge in [-0.05, 0) is 94.9 Å². The molecule has 0 N–H and O–H groups in total. The largest absolute Gasteiger partial charge is 0.462 e. The minimum atomic E-state index is -0.236. The van der Waals surface area contributed by atoms with Crippen LogP contribution in [0.15, 0.2) is 47.5 Å². The Kier molecular flexibility index (Phi) is 8.33. The summed E-state index contributed by atoms with van der Waals surface area (Å²) in [6, 6.07) is 14.2. The fourth-order valence-electron chi connectivity index (χ4n) is 5.21. The van der Waals surface area contributed by atoms with Gasteiger partial charge in [0.25, 0.3) is 0 Å². The van der Waals surface area contributed by atoms with Gasteiger partial charge in [-0.1, -0.05) is 49.2 Å². The predicted octanol–water partition coefficient (Wildman–Crippen LogP) is 7.88. The van der Waals surface area contributed by atoms with Gasteiger partial charge < -0.3 is 4.74 Å². The van der Waals surface area contributed by atoms with Crippen molar-refractivity contribution in [1.82, 2.24) is 4.98 Å². The highest BCUT2D eigenvalue weighted by Crippen LogP contribution is 2.37. The van der Waals surface area contributed by atoms with Crippen molar-refractivity contribution in [2.45, 2.75) is 79.1 Å². The number of fused-ring (bicyclic) bond motifs is 2. The van der Waals surface area contributed by atoms with Gasteiger partial charge in [-0.25, -0.2) is 4.79 Å².